The van der Waals surface area contributed by atoms with Crippen LogP contribution >= 0.6 is 0 Å². The lowest BCUT2D eigenvalue weighted by Gasteiger charge is -2.32. The minimum absolute atomic E-state index is 0. The molecule has 0 bridgehead atoms. The molecule has 0 unspecified atom stereocenters. The number of anilines is 1. The molecule has 0 spiro atoms. The molecule has 204 valence electrons. The lowest BCUT2D eigenvalue weighted by molar-refractivity contribution is -0.137. The zero-order valence-corrected chi connectivity index (χ0v) is 22.3. The van der Waals surface area contributed by atoms with Crippen LogP contribution in [0.1, 0.15) is 82.5 Å². The van der Waals surface area contributed by atoms with Crippen molar-refractivity contribution in [3.05, 3.63) is 53.0 Å². The average molecular weight is 520 g/mol. The van der Waals surface area contributed by atoms with E-state index in [-0.39, 0.29) is 32.1 Å². The zero-order chi connectivity index (χ0) is 26.8. The number of nitrogens with one attached hydrogen (secondary N) is 3. The van der Waals surface area contributed by atoms with Crippen molar-refractivity contribution in [1.82, 2.24) is 19.8 Å². The number of likely N-dealkylation sites (tertiary alicyclic amines) is 1. The Bertz CT molecular complexity index is 1260. The maximum atomic E-state index is 13.4. The highest BCUT2D eigenvalue weighted by molar-refractivity contribution is 6.07. The minimum Gasteiger partial charge on any atom is -0.338 e. The summed E-state index contributed by atoms with van der Waals surface area (Å²) >= 11 is 0. The van der Waals surface area contributed by atoms with Crippen molar-refractivity contribution >= 4 is 29.3 Å². The van der Waals surface area contributed by atoms with Gasteiger partial charge in [0, 0.05) is 41.0 Å². The van der Waals surface area contributed by atoms with Gasteiger partial charge in [0.2, 0.25) is 5.91 Å². The Morgan fingerprint density at radius 3 is 2.68 bits per heavy atom. The first-order chi connectivity index (χ1) is 18.3. The van der Waals surface area contributed by atoms with Crippen LogP contribution in [-0.2, 0) is 17.8 Å². The Morgan fingerprint density at radius 2 is 1.95 bits per heavy atom. The van der Waals surface area contributed by atoms with E-state index in [1.807, 2.05) is 4.90 Å². The van der Waals surface area contributed by atoms with Gasteiger partial charge in [-0.15, -0.1) is 0 Å². The third-order valence-electron chi connectivity index (χ3n) is 7.75. The van der Waals surface area contributed by atoms with Crippen LogP contribution < -0.4 is 5.32 Å². The van der Waals surface area contributed by atoms with Gasteiger partial charge in [-0.3, -0.25) is 25.4 Å². The number of amidine groups is 2. The van der Waals surface area contributed by atoms with Crippen LogP contribution in [0.4, 0.5) is 5.82 Å². The summed E-state index contributed by atoms with van der Waals surface area (Å²) in [5.41, 5.74) is 2.73. The average Bonchev–Trinajstić information content (AvgIpc) is 3.76. The van der Waals surface area contributed by atoms with E-state index in [4.69, 9.17) is 10.8 Å². The van der Waals surface area contributed by atoms with E-state index in [1.165, 1.54) is 0 Å². The smallest absolute Gasteiger partial charge is 0.275 e. The third kappa shape index (κ3) is 5.76. The van der Waals surface area contributed by atoms with Gasteiger partial charge in [0.1, 0.15) is 23.0 Å². The number of fused-ring (bicyclic) bond motifs is 1. The summed E-state index contributed by atoms with van der Waals surface area (Å²) in [6.07, 6.45) is 8.28. The molecule has 0 radical (unpaired) electrons. The van der Waals surface area contributed by atoms with E-state index in [1.54, 1.807) is 35.4 Å². The minimum atomic E-state index is -0.381. The molecule has 5 rings (SSSR count). The van der Waals surface area contributed by atoms with Crippen molar-refractivity contribution in [3.63, 3.8) is 0 Å². The normalized spacial score (nSPS) is 18.2. The first-order valence-corrected chi connectivity index (χ1v) is 13.8. The predicted octanol–water partition coefficient (Wildman–Crippen LogP) is 4.97. The number of amides is 2. The second-order valence-corrected chi connectivity index (χ2v) is 11.2. The molecule has 2 amide bonds. The van der Waals surface area contributed by atoms with E-state index in [9.17, 15) is 9.59 Å². The van der Waals surface area contributed by atoms with Gasteiger partial charge in [-0.2, -0.15) is 0 Å². The van der Waals surface area contributed by atoms with Crippen molar-refractivity contribution in [2.24, 2.45) is 17.8 Å². The van der Waals surface area contributed by atoms with E-state index >= 15 is 0 Å². The first kappa shape index (κ1) is 26.0. The highest BCUT2D eigenvalue weighted by Gasteiger charge is 2.39. The molecule has 9 nitrogen and oxygen atoms in total. The van der Waals surface area contributed by atoms with Crippen LogP contribution in [-0.4, -0.2) is 56.3 Å². The Labute approximate surface area is 227 Å². The fourth-order valence-electron chi connectivity index (χ4n) is 5.52. The third-order valence-corrected chi connectivity index (χ3v) is 7.75. The fourth-order valence-corrected chi connectivity index (χ4v) is 5.52. The monoisotopic (exact) mass is 519 g/mol. The molecule has 1 saturated carbocycles. The zero-order valence-electron chi connectivity index (χ0n) is 22.3. The molecule has 3 N–H and O–H groups in total. The molecular weight excluding hydrogens is 478 g/mol. The van der Waals surface area contributed by atoms with E-state index < -0.39 is 0 Å². The number of aromatic nitrogens is 2. The fraction of sp³-hybridized carbons (Fsp3) is 0.517. The number of nitrogens with zero attached hydrogens (tertiary/aromatic N) is 4. The van der Waals surface area contributed by atoms with Gasteiger partial charge in [-0.25, -0.2) is 4.98 Å². The first-order valence-electron chi connectivity index (χ1n) is 13.8. The summed E-state index contributed by atoms with van der Waals surface area (Å²) in [6, 6.07) is 6.94. The van der Waals surface area contributed by atoms with Crippen LogP contribution in [0.25, 0.3) is 0 Å². The van der Waals surface area contributed by atoms with Crippen molar-refractivity contribution < 1.29 is 12.4 Å². The SMILES string of the molecule is CC(C)C[C@@H](C(=O)N1CCc2cnc(C(=O)Nc3cccc(C(=N)N4CCCCC4=N)n3)cc2C1)C1CC1.[HH].[HH]. The number of hydrogen-bond acceptors (Lipinski definition) is 6. The lowest BCUT2D eigenvalue weighted by Crippen LogP contribution is -2.41. The molecule has 9 heteroatoms. The van der Waals surface area contributed by atoms with Gasteiger partial charge in [0.25, 0.3) is 5.91 Å². The largest absolute Gasteiger partial charge is 0.338 e. The Morgan fingerprint density at radius 1 is 1.13 bits per heavy atom. The molecule has 1 saturated heterocycles. The quantitative estimate of drug-likeness (QED) is 0.352. The molecule has 4 heterocycles. The topological polar surface area (TPSA) is 126 Å². The number of pyridine rings is 2. The molecule has 1 atom stereocenters. The summed E-state index contributed by atoms with van der Waals surface area (Å²) < 4.78 is 0. The summed E-state index contributed by atoms with van der Waals surface area (Å²) in [5, 5.41) is 19.5. The second kappa shape index (κ2) is 11.0. The number of rotatable bonds is 7. The van der Waals surface area contributed by atoms with Gasteiger partial charge in [-0.05, 0) is 79.7 Å². The molecule has 0 aromatic carbocycles. The van der Waals surface area contributed by atoms with Gasteiger partial charge in [-0.1, -0.05) is 19.9 Å². The maximum absolute atomic E-state index is 13.4. The summed E-state index contributed by atoms with van der Waals surface area (Å²) in [5.74, 6) is 1.92. The van der Waals surface area contributed by atoms with Gasteiger partial charge < -0.3 is 15.1 Å². The molecule has 2 aromatic rings. The lowest BCUT2D eigenvalue weighted by atomic mass is 9.90. The number of piperidine rings is 1. The maximum Gasteiger partial charge on any atom is 0.275 e. The molecule has 38 heavy (non-hydrogen) atoms. The highest BCUT2D eigenvalue weighted by atomic mass is 16.2. The molecule has 3 aliphatic rings. The summed E-state index contributed by atoms with van der Waals surface area (Å²) in [6.45, 7) is 6.18. The van der Waals surface area contributed by atoms with E-state index in [2.05, 4.69) is 29.1 Å². The van der Waals surface area contributed by atoms with E-state index in [0.29, 0.717) is 55.2 Å². The molecule has 2 fully saturated rings. The van der Waals surface area contributed by atoms with Crippen LogP contribution in [0, 0.1) is 28.6 Å². The standard InChI is InChI=1S/C29H37N7O2.2H2/c1-18(2)14-22(19-9-10-19)29(38)35-13-11-20-16-32-24(15-21(20)17-35)28(37)34-26-8-5-6-23(33-26)27(31)36-12-4-3-7-25(36)30;;/h5-6,8,15-16,18-19,22,30-31H,3-4,7,9-14,17H2,1-2H3,(H,33,34,37);2*1H/t22-;;/m1../s1. The highest BCUT2D eigenvalue weighted by Crippen LogP contribution is 2.41. The van der Waals surface area contributed by atoms with Crippen LogP contribution in [0.2, 0.25) is 0 Å². The predicted molar refractivity (Wildman–Crippen MR) is 151 cm³/mol. The number of hydrogen-bond donors (Lipinski definition) is 3. The van der Waals surface area contributed by atoms with Crippen LogP contribution in [0.15, 0.2) is 30.5 Å². The van der Waals surface area contributed by atoms with Crippen LogP contribution in [0.5, 0.6) is 0 Å². The van der Waals surface area contributed by atoms with Crippen molar-refractivity contribution in [3.8, 4) is 0 Å². The van der Waals surface area contributed by atoms with Gasteiger partial charge in [0.05, 0.1) is 0 Å². The van der Waals surface area contributed by atoms with Crippen molar-refractivity contribution in [1.29, 1.82) is 10.8 Å². The summed E-state index contributed by atoms with van der Waals surface area (Å²) in [7, 11) is 0. The Hall–Kier alpha value is -3.62. The number of carbonyl (C=O) groups is 2. The molecule has 2 aromatic heterocycles. The molecule has 2 aliphatic heterocycles. The van der Waals surface area contributed by atoms with Gasteiger partial charge in [0.15, 0.2) is 5.84 Å². The van der Waals surface area contributed by atoms with E-state index in [0.717, 1.165) is 49.7 Å². The Kier molecular flexibility index (Phi) is 7.53. The van der Waals surface area contributed by atoms with Crippen molar-refractivity contribution in [2.75, 3.05) is 18.4 Å². The van der Waals surface area contributed by atoms with Crippen LogP contribution in [0.3, 0.4) is 0 Å². The Balaban J connectivity index is 0.00000220. The number of carbonyl (C=O) groups excluding carboxylic acids is 2. The molecule has 1 aliphatic carbocycles. The van der Waals surface area contributed by atoms with Crippen molar-refractivity contribution in [2.45, 2.75) is 65.3 Å². The van der Waals surface area contributed by atoms with Gasteiger partial charge >= 0.3 is 0 Å². The molecular formula is C29H41N7O2. The second-order valence-electron chi connectivity index (χ2n) is 11.2. The summed E-state index contributed by atoms with van der Waals surface area (Å²) in [4.78, 5) is 39.0.